The highest BCUT2D eigenvalue weighted by Gasteiger charge is 2.09. The zero-order chi connectivity index (χ0) is 10.7. The monoisotopic (exact) mass is 219 g/mol. The summed E-state index contributed by atoms with van der Waals surface area (Å²) in [6, 6.07) is 7.95. The molecule has 0 aliphatic heterocycles. The number of carbonyl (C=O) groups excluding carboxylic acids is 1. The summed E-state index contributed by atoms with van der Waals surface area (Å²) in [5.41, 5.74) is 0.859. The number of fused-ring (bicyclic) bond motifs is 1. The van der Waals surface area contributed by atoms with E-state index in [9.17, 15) is 4.79 Å². The summed E-state index contributed by atoms with van der Waals surface area (Å²) >= 11 is 1.63. The van der Waals surface area contributed by atoms with E-state index in [1.165, 1.54) is 0 Å². The van der Waals surface area contributed by atoms with Crippen LogP contribution in [0.4, 0.5) is 0 Å². The van der Waals surface area contributed by atoms with Gasteiger partial charge in [-0.05, 0) is 29.9 Å². The Morgan fingerprint density at radius 3 is 3.07 bits per heavy atom. The largest absolute Gasteiger partial charge is 0.319 e. The normalized spacial score (nSPS) is 10.7. The van der Waals surface area contributed by atoms with Gasteiger partial charge in [0.15, 0.2) is 5.78 Å². The van der Waals surface area contributed by atoms with Crippen LogP contribution in [0, 0.1) is 0 Å². The lowest BCUT2D eigenvalue weighted by atomic mass is 10.1. The molecular formula is C12H13NOS. The van der Waals surface area contributed by atoms with E-state index < -0.39 is 0 Å². The third kappa shape index (κ3) is 2.08. The maximum Gasteiger partial charge on any atom is 0.165 e. The van der Waals surface area contributed by atoms with E-state index in [0.29, 0.717) is 6.42 Å². The number of thiophene rings is 1. The van der Waals surface area contributed by atoms with Crippen LogP contribution >= 0.6 is 11.3 Å². The summed E-state index contributed by atoms with van der Waals surface area (Å²) in [4.78, 5) is 11.9. The number of nitrogens with one attached hydrogen (secondary N) is 1. The van der Waals surface area contributed by atoms with Crippen molar-refractivity contribution < 1.29 is 4.79 Å². The minimum atomic E-state index is 0.220. The first-order chi connectivity index (χ1) is 7.33. The first-order valence-electron chi connectivity index (χ1n) is 4.97. The van der Waals surface area contributed by atoms with Gasteiger partial charge in [-0.2, -0.15) is 0 Å². The quantitative estimate of drug-likeness (QED) is 0.801. The van der Waals surface area contributed by atoms with Gasteiger partial charge in [0.25, 0.3) is 0 Å². The van der Waals surface area contributed by atoms with Crippen molar-refractivity contribution in [3.63, 3.8) is 0 Å². The molecule has 1 heterocycles. The van der Waals surface area contributed by atoms with Crippen LogP contribution in [0.25, 0.3) is 10.1 Å². The Kier molecular flexibility index (Phi) is 3.14. The van der Waals surface area contributed by atoms with E-state index in [2.05, 4.69) is 11.4 Å². The fraction of sp³-hybridized carbons (Fsp3) is 0.250. The molecule has 1 aromatic heterocycles. The molecule has 0 atom stereocenters. The lowest BCUT2D eigenvalue weighted by Gasteiger charge is -2.01. The van der Waals surface area contributed by atoms with Crippen LogP contribution in [0.2, 0.25) is 0 Å². The van der Waals surface area contributed by atoms with Gasteiger partial charge in [0.1, 0.15) is 0 Å². The Morgan fingerprint density at radius 2 is 2.27 bits per heavy atom. The highest BCUT2D eigenvalue weighted by molar-refractivity contribution is 7.17. The fourth-order valence-corrected chi connectivity index (χ4v) is 2.52. The molecule has 0 unspecified atom stereocenters. The van der Waals surface area contributed by atoms with Crippen molar-refractivity contribution in [1.82, 2.24) is 5.32 Å². The zero-order valence-electron chi connectivity index (χ0n) is 8.62. The highest BCUT2D eigenvalue weighted by atomic mass is 32.1. The molecule has 0 aliphatic rings. The highest BCUT2D eigenvalue weighted by Crippen LogP contribution is 2.25. The van der Waals surface area contributed by atoms with Gasteiger partial charge in [-0.15, -0.1) is 11.3 Å². The average molecular weight is 219 g/mol. The van der Waals surface area contributed by atoms with Crippen LogP contribution in [0.1, 0.15) is 16.8 Å². The average Bonchev–Trinajstić information content (AvgIpc) is 2.73. The molecule has 0 fully saturated rings. The molecule has 0 radical (unpaired) electrons. The summed E-state index contributed by atoms with van der Waals surface area (Å²) in [5, 5.41) is 6.18. The second-order valence-corrected chi connectivity index (χ2v) is 4.34. The number of hydrogen-bond donors (Lipinski definition) is 1. The van der Waals surface area contributed by atoms with Crippen LogP contribution < -0.4 is 5.32 Å². The van der Waals surface area contributed by atoms with Crippen LogP contribution in [0.15, 0.2) is 29.6 Å². The molecule has 1 aromatic carbocycles. The summed E-state index contributed by atoms with van der Waals surface area (Å²) in [5.74, 6) is 0.220. The predicted molar refractivity (Wildman–Crippen MR) is 64.7 cm³/mol. The van der Waals surface area contributed by atoms with E-state index in [4.69, 9.17) is 0 Å². The molecule has 2 aromatic rings. The molecule has 3 heteroatoms. The van der Waals surface area contributed by atoms with Crippen molar-refractivity contribution in [3.8, 4) is 0 Å². The Balaban J connectivity index is 2.34. The topological polar surface area (TPSA) is 29.1 Å². The summed E-state index contributed by atoms with van der Waals surface area (Å²) in [7, 11) is 1.86. The fourth-order valence-electron chi connectivity index (χ4n) is 1.59. The van der Waals surface area contributed by atoms with Gasteiger partial charge >= 0.3 is 0 Å². The van der Waals surface area contributed by atoms with Gasteiger partial charge in [-0.25, -0.2) is 0 Å². The van der Waals surface area contributed by atoms with Gasteiger partial charge in [0.2, 0.25) is 0 Å². The van der Waals surface area contributed by atoms with Gasteiger partial charge < -0.3 is 5.32 Å². The predicted octanol–water partition coefficient (Wildman–Crippen LogP) is 2.69. The first-order valence-corrected chi connectivity index (χ1v) is 5.85. The molecule has 0 aliphatic carbocycles. The van der Waals surface area contributed by atoms with E-state index in [0.717, 1.165) is 22.2 Å². The van der Waals surface area contributed by atoms with E-state index in [1.807, 2.05) is 30.6 Å². The third-order valence-corrected chi connectivity index (χ3v) is 3.34. The maximum absolute atomic E-state index is 11.9. The molecule has 0 spiro atoms. The molecule has 1 N–H and O–H groups in total. The standard InChI is InChI=1S/C12H13NOS/c1-13-7-5-11(14)10-4-2-3-9-6-8-15-12(9)10/h2-4,6,8,13H,5,7H2,1H3. The molecule has 0 bridgehead atoms. The molecule has 0 saturated heterocycles. The van der Waals surface area contributed by atoms with E-state index in [1.54, 1.807) is 11.3 Å². The number of rotatable bonds is 4. The zero-order valence-corrected chi connectivity index (χ0v) is 9.43. The number of carbonyl (C=O) groups is 1. The number of Topliss-reactive ketones (excluding diaryl/α,β-unsaturated/α-hetero) is 1. The molecule has 0 saturated carbocycles. The van der Waals surface area contributed by atoms with Crippen LogP contribution in [-0.2, 0) is 0 Å². The van der Waals surface area contributed by atoms with E-state index >= 15 is 0 Å². The van der Waals surface area contributed by atoms with Crippen molar-refractivity contribution in [2.24, 2.45) is 0 Å². The summed E-state index contributed by atoms with van der Waals surface area (Å²) in [6.07, 6.45) is 0.563. The minimum Gasteiger partial charge on any atom is -0.319 e. The number of hydrogen-bond acceptors (Lipinski definition) is 3. The Hall–Kier alpha value is -1.19. The molecule has 0 amide bonds. The molecule has 2 rings (SSSR count). The van der Waals surface area contributed by atoms with Crippen LogP contribution in [0.5, 0.6) is 0 Å². The molecule has 2 nitrogen and oxygen atoms in total. The third-order valence-electron chi connectivity index (χ3n) is 2.38. The first kappa shape index (κ1) is 10.3. The Labute approximate surface area is 92.9 Å². The van der Waals surface area contributed by atoms with Gasteiger partial charge in [-0.3, -0.25) is 4.79 Å². The maximum atomic E-state index is 11.9. The smallest absolute Gasteiger partial charge is 0.165 e. The molecular weight excluding hydrogens is 206 g/mol. The van der Waals surface area contributed by atoms with Crippen molar-refractivity contribution in [2.45, 2.75) is 6.42 Å². The SMILES string of the molecule is CNCCC(=O)c1cccc2ccsc12. The van der Waals surface area contributed by atoms with Crippen molar-refractivity contribution in [2.75, 3.05) is 13.6 Å². The van der Waals surface area contributed by atoms with E-state index in [-0.39, 0.29) is 5.78 Å². The number of benzene rings is 1. The van der Waals surface area contributed by atoms with Gasteiger partial charge in [0.05, 0.1) is 0 Å². The van der Waals surface area contributed by atoms with Crippen LogP contribution in [0.3, 0.4) is 0 Å². The second kappa shape index (κ2) is 4.55. The lowest BCUT2D eigenvalue weighted by Crippen LogP contribution is -2.13. The summed E-state index contributed by atoms with van der Waals surface area (Å²) < 4.78 is 1.11. The minimum absolute atomic E-state index is 0.220. The summed E-state index contributed by atoms with van der Waals surface area (Å²) in [6.45, 7) is 0.737. The second-order valence-electron chi connectivity index (χ2n) is 3.42. The van der Waals surface area contributed by atoms with Gasteiger partial charge in [0, 0.05) is 23.2 Å². The van der Waals surface area contributed by atoms with Crippen LogP contribution in [-0.4, -0.2) is 19.4 Å². The Morgan fingerprint density at radius 1 is 1.40 bits per heavy atom. The molecule has 15 heavy (non-hydrogen) atoms. The lowest BCUT2D eigenvalue weighted by molar-refractivity contribution is 0.0985. The van der Waals surface area contributed by atoms with Crippen molar-refractivity contribution >= 4 is 27.2 Å². The molecule has 78 valence electrons. The van der Waals surface area contributed by atoms with Crippen molar-refractivity contribution in [3.05, 3.63) is 35.2 Å². The van der Waals surface area contributed by atoms with Gasteiger partial charge in [-0.1, -0.05) is 12.1 Å². The Bertz CT molecular complexity index is 475. The van der Waals surface area contributed by atoms with Crippen molar-refractivity contribution in [1.29, 1.82) is 0 Å². The number of ketones is 1.